The minimum Gasteiger partial charge on any atom is -0.465 e. The molecule has 0 aliphatic heterocycles. The number of carbonyl (C=O) groups excluding carboxylic acids is 1. The van der Waals surface area contributed by atoms with E-state index in [9.17, 15) is 13.6 Å². The molecule has 160 valence electrons. The van der Waals surface area contributed by atoms with E-state index in [-0.39, 0.29) is 31.3 Å². The number of fused-ring (bicyclic) bond motifs is 1. The lowest BCUT2D eigenvalue weighted by Crippen LogP contribution is -2.26. The van der Waals surface area contributed by atoms with Gasteiger partial charge in [0.15, 0.2) is 0 Å². The summed E-state index contributed by atoms with van der Waals surface area (Å²) in [6.45, 7) is 2.76. The topological polar surface area (TPSA) is 86.9 Å². The highest BCUT2D eigenvalue weighted by molar-refractivity contribution is 5.76. The van der Waals surface area contributed by atoms with E-state index in [1.807, 2.05) is 16.8 Å². The second-order valence-electron chi connectivity index (χ2n) is 7.60. The molecule has 0 aromatic carbocycles. The maximum Gasteiger partial charge on any atom is 0.327 e. The molecule has 0 unspecified atom stereocenters. The van der Waals surface area contributed by atoms with Crippen molar-refractivity contribution in [2.24, 2.45) is 5.92 Å². The summed E-state index contributed by atoms with van der Waals surface area (Å²) in [4.78, 5) is 20.5. The lowest BCUT2D eigenvalue weighted by molar-refractivity contribution is -0.144. The van der Waals surface area contributed by atoms with Gasteiger partial charge in [0.2, 0.25) is 11.9 Å². The van der Waals surface area contributed by atoms with Crippen molar-refractivity contribution in [3.05, 3.63) is 30.9 Å². The minimum absolute atomic E-state index is 0.0265. The van der Waals surface area contributed by atoms with Crippen LogP contribution in [0.15, 0.2) is 30.9 Å². The number of aromatic nitrogens is 5. The predicted octanol–water partition coefficient (Wildman–Crippen LogP) is 3.76. The zero-order valence-corrected chi connectivity index (χ0v) is 16.7. The summed E-state index contributed by atoms with van der Waals surface area (Å²) in [5, 5.41) is 8.10. The molecule has 1 fully saturated rings. The van der Waals surface area contributed by atoms with Crippen LogP contribution in [0.2, 0.25) is 0 Å². The highest BCUT2D eigenvalue weighted by atomic mass is 19.3. The van der Waals surface area contributed by atoms with Crippen LogP contribution in [0.25, 0.3) is 11.0 Å². The van der Waals surface area contributed by atoms with E-state index in [4.69, 9.17) is 4.74 Å². The molecule has 3 aromatic heterocycles. The van der Waals surface area contributed by atoms with Crippen molar-refractivity contribution in [3.8, 4) is 0 Å². The largest absolute Gasteiger partial charge is 0.465 e. The number of carbonyl (C=O) groups is 1. The molecule has 0 atom stereocenters. The van der Waals surface area contributed by atoms with Gasteiger partial charge in [0.25, 0.3) is 0 Å². The predicted molar refractivity (Wildman–Crippen MR) is 107 cm³/mol. The average Bonchev–Trinajstić information content (AvgIpc) is 3.30. The number of hydrogen-bond acceptors (Lipinski definition) is 6. The van der Waals surface area contributed by atoms with E-state index in [0.29, 0.717) is 37.6 Å². The van der Waals surface area contributed by atoms with Gasteiger partial charge in [-0.15, -0.1) is 0 Å². The van der Waals surface area contributed by atoms with Gasteiger partial charge in [0.05, 0.1) is 18.5 Å². The van der Waals surface area contributed by atoms with E-state index in [1.54, 1.807) is 25.5 Å². The van der Waals surface area contributed by atoms with Crippen LogP contribution in [0, 0.1) is 5.92 Å². The molecule has 1 saturated carbocycles. The molecule has 3 aromatic rings. The van der Waals surface area contributed by atoms with Crippen LogP contribution in [0.4, 0.5) is 20.4 Å². The van der Waals surface area contributed by atoms with E-state index < -0.39 is 5.92 Å². The Morgan fingerprint density at radius 2 is 2.13 bits per heavy atom. The van der Waals surface area contributed by atoms with Crippen molar-refractivity contribution in [2.75, 3.05) is 11.9 Å². The monoisotopic (exact) mass is 418 g/mol. The number of halogens is 2. The number of alkyl halides is 2. The second-order valence-corrected chi connectivity index (χ2v) is 7.60. The minimum atomic E-state index is -2.52. The van der Waals surface area contributed by atoms with Crippen LogP contribution in [-0.2, 0) is 22.6 Å². The van der Waals surface area contributed by atoms with Gasteiger partial charge in [-0.2, -0.15) is 10.1 Å². The molecule has 0 radical (unpaired) electrons. The molecular formula is C20H24F2N6O2. The molecule has 1 N–H and O–H groups in total. The SMILES string of the molecule is CCOC(=O)Cn1cc(Nc2ncc3ccn(CC4CCC(F)(F)CC4)c3n2)cn1. The van der Waals surface area contributed by atoms with E-state index in [2.05, 4.69) is 20.4 Å². The van der Waals surface area contributed by atoms with Crippen molar-refractivity contribution >= 4 is 28.6 Å². The number of nitrogens with zero attached hydrogens (tertiary/aromatic N) is 5. The quantitative estimate of drug-likeness (QED) is 0.588. The molecule has 0 saturated heterocycles. The highest BCUT2D eigenvalue weighted by Crippen LogP contribution is 2.37. The Kier molecular flexibility index (Phi) is 5.65. The molecule has 30 heavy (non-hydrogen) atoms. The van der Waals surface area contributed by atoms with Gasteiger partial charge in [-0.1, -0.05) is 0 Å². The van der Waals surface area contributed by atoms with Crippen molar-refractivity contribution < 1.29 is 18.3 Å². The van der Waals surface area contributed by atoms with E-state index >= 15 is 0 Å². The van der Waals surface area contributed by atoms with Crippen LogP contribution in [0.5, 0.6) is 0 Å². The molecule has 1 aliphatic carbocycles. The molecular weight excluding hydrogens is 394 g/mol. The van der Waals surface area contributed by atoms with Crippen LogP contribution >= 0.6 is 0 Å². The fourth-order valence-corrected chi connectivity index (χ4v) is 3.72. The molecule has 0 bridgehead atoms. The first-order chi connectivity index (χ1) is 14.4. The van der Waals surface area contributed by atoms with Gasteiger partial charge >= 0.3 is 5.97 Å². The van der Waals surface area contributed by atoms with E-state index in [0.717, 1.165) is 11.0 Å². The lowest BCUT2D eigenvalue weighted by atomic mass is 9.87. The van der Waals surface area contributed by atoms with E-state index in [1.165, 1.54) is 4.68 Å². The van der Waals surface area contributed by atoms with Gasteiger partial charge in [-0.05, 0) is 31.7 Å². The Balaban J connectivity index is 1.44. The average molecular weight is 418 g/mol. The Morgan fingerprint density at radius 1 is 1.33 bits per heavy atom. The first-order valence-corrected chi connectivity index (χ1v) is 10.1. The highest BCUT2D eigenvalue weighted by Gasteiger charge is 2.34. The van der Waals surface area contributed by atoms with Gasteiger partial charge in [-0.25, -0.2) is 13.8 Å². The van der Waals surface area contributed by atoms with Crippen molar-refractivity contribution in [3.63, 3.8) is 0 Å². The van der Waals surface area contributed by atoms with Gasteiger partial charge in [0.1, 0.15) is 12.2 Å². The maximum absolute atomic E-state index is 13.4. The number of esters is 1. The smallest absolute Gasteiger partial charge is 0.327 e. The zero-order valence-electron chi connectivity index (χ0n) is 16.7. The summed E-state index contributed by atoms with van der Waals surface area (Å²) < 4.78 is 35.2. The Labute approximate surface area is 172 Å². The van der Waals surface area contributed by atoms with Crippen LogP contribution < -0.4 is 5.32 Å². The lowest BCUT2D eigenvalue weighted by Gasteiger charge is -2.28. The summed E-state index contributed by atoms with van der Waals surface area (Å²) in [5.74, 6) is -2.27. The molecule has 3 heterocycles. The van der Waals surface area contributed by atoms with Crippen LogP contribution in [0.3, 0.4) is 0 Å². The summed E-state index contributed by atoms with van der Waals surface area (Å²) >= 11 is 0. The summed E-state index contributed by atoms with van der Waals surface area (Å²) in [6, 6.07) is 1.92. The van der Waals surface area contributed by atoms with Crippen LogP contribution in [-0.4, -0.2) is 42.8 Å². The van der Waals surface area contributed by atoms with Crippen molar-refractivity contribution in [2.45, 2.75) is 51.6 Å². The molecule has 4 rings (SSSR count). The summed E-state index contributed by atoms with van der Waals surface area (Å²) in [7, 11) is 0. The molecule has 1 aliphatic rings. The number of nitrogens with one attached hydrogen (secondary N) is 1. The second kappa shape index (κ2) is 8.37. The number of ether oxygens (including phenoxy) is 1. The van der Waals surface area contributed by atoms with Gasteiger partial charge < -0.3 is 14.6 Å². The summed E-state index contributed by atoms with van der Waals surface area (Å²) in [5.41, 5.74) is 1.40. The van der Waals surface area contributed by atoms with Crippen molar-refractivity contribution in [1.82, 2.24) is 24.3 Å². The number of rotatable bonds is 7. The third-order valence-electron chi connectivity index (χ3n) is 5.28. The Bertz CT molecular complexity index is 1020. The Hall–Kier alpha value is -3.04. The third kappa shape index (κ3) is 4.74. The molecule has 0 spiro atoms. The normalized spacial score (nSPS) is 16.6. The Morgan fingerprint density at radius 3 is 2.90 bits per heavy atom. The fraction of sp³-hybridized carbons (Fsp3) is 0.500. The molecule has 0 amide bonds. The maximum atomic E-state index is 13.4. The zero-order chi connectivity index (χ0) is 21.1. The first-order valence-electron chi connectivity index (χ1n) is 10.1. The van der Waals surface area contributed by atoms with Crippen molar-refractivity contribution in [1.29, 1.82) is 0 Å². The molecule has 10 heteroatoms. The van der Waals surface area contributed by atoms with Gasteiger partial charge in [-0.3, -0.25) is 9.48 Å². The van der Waals surface area contributed by atoms with Gasteiger partial charge in [0, 0.05) is 43.4 Å². The number of hydrogen-bond donors (Lipinski definition) is 1. The van der Waals surface area contributed by atoms with Crippen LogP contribution in [0.1, 0.15) is 32.6 Å². The number of anilines is 2. The third-order valence-corrected chi connectivity index (χ3v) is 5.28. The fourth-order valence-electron chi connectivity index (χ4n) is 3.72. The summed E-state index contributed by atoms with van der Waals surface area (Å²) in [6.07, 6.45) is 7.83. The standard InChI is InChI=1S/C20H24F2N6O2/c1-2-30-17(29)13-28-12-16(10-24-28)25-19-23-9-15-5-8-27(18(15)26-19)11-14-3-6-20(21,22)7-4-14/h5,8-10,12,14H,2-4,6-7,11,13H2,1H3,(H,23,25,26). The first kappa shape index (κ1) is 20.2. The molecule has 8 nitrogen and oxygen atoms in total.